The van der Waals surface area contributed by atoms with Crippen molar-refractivity contribution in [2.45, 2.75) is 13.5 Å². The van der Waals surface area contributed by atoms with Crippen LogP contribution >= 0.6 is 0 Å². The van der Waals surface area contributed by atoms with Gasteiger partial charge in [-0.3, -0.25) is 4.99 Å². The normalized spacial score (nSPS) is 12.8. The zero-order valence-corrected chi connectivity index (χ0v) is 16.5. The van der Waals surface area contributed by atoms with Gasteiger partial charge in [0.25, 0.3) is 0 Å². The Morgan fingerprint density at radius 1 is 1.47 bits per heavy atom. The van der Waals surface area contributed by atoms with Crippen LogP contribution in [0.1, 0.15) is 5.56 Å². The number of carboxylic acid groups (broad SMARTS) is 1. The maximum atomic E-state index is 15.5. The van der Waals surface area contributed by atoms with E-state index in [1.165, 1.54) is 0 Å². The molecule has 0 radical (unpaired) electrons. The first kappa shape index (κ1) is 19.4. The van der Waals surface area contributed by atoms with Crippen LogP contribution in [-0.2, 0) is 11.3 Å². The van der Waals surface area contributed by atoms with Gasteiger partial charge in [0.05, 0.1) is 12.2 Å². The minimum Gasteiger partial charge on any atom is -0.472 e. The summed E-state index contributed by atoms with van der Waals surface area (Å²) in [6, 6.07) is 5.31. The number of carboxylic acids is 1. The SMILES string of the molecule is CN=c1ncc2cc(-c3c(C)ccc(NCC#CC(=O)O)c3F)c3n(c-2n1)CCN3. The maximum absolute atomic E-state index is 15.5. The average molecular weight is 406 g/mol. The van der Waals surface area contributed by atoms with Crippen LogP contribution < -0.4 is 16.3 Å². The Kier molecular flexibility index (Phi) is 5.06. The molecule has 4 rings (SSSR count). The summed E-state index contributed by atoms with van der Waals surface area (Å²) < 4.78 is 17.5. The highest BCUT2D eigenvalue weighted by Crippen LogP contribution is 2.40. The Morgan fingerprint density at radius 3 is 3.07 bits per heavy atom. The third kappa shape index (κ3) is 3.43. The lowest BCUT2D eigenvalue weighted by Gasteiger charge is -2.19. The molecule has 1 aromatic rings. The third-order valence-corrected chi connectivity index (χ3v) is 4.87. The van der Waals surface area contributed by atoms with Gasteiger partial charge in [-0.15, -0.1) is 0 Å². The number of nitrogens with zero attached hydrogens (tertiary/aromatic N) is 4. The van der Waals surface area contributed by atoms with Crippen molar-refractivity contribution in [2.24, 2.45) is 4.99 Å². The van der Waals surface area contributed by atoms with Gasteiger partial charge in [0.1, 0.15) is 11.6 Å². The number of aliphatic carboxylic acids is 1. The number of halogens is 1. The molecule has 8 nitrogen and oxygen atoms in total. The average Bonchev–Trinajstić information content (AvgIpc) is 3.22. The highest BCUT2D eigenvalue weighted by Gasteiger charge is 2.25. The lowest BCUT2D eigenvalue weighted by molar-refractivity contribution is -0.130. The largest absolute Gasteiger partial charge is 0.472 e. The summed E-state index contributed by atoms with van der Waals surface area (Å²) >= 11 is 0. The fourth-order valence-electron chi connectivity index (χ4n) is 3.56. The van der Waals surface area contributed by atoms with Crippen LogP contribution in [0.25, 0.3) is 22.5 Å². The Bertz CT molecular complexity index is 1250. The van der Waals surface area contributed by atoms with Crippen LogP contribution in [-0.4, -0.2) is 45.7 Å². The van der Waals surface area contributed by atoms with Crippen molar-refractivity contribution in [3.05, 3.63) is 41.4 Å². The predicted molar refractivity (Wildman–Crippen MR) is 111 cm³/mol. The standard InChI is InChI=1S/C21H19FN6O2/c1-12-5-6-15(24-7-3-4-16(29)30)18(22)17(12)14-10-13-11-26-21(23-2)27-19(13)28-9-8-25-20(14)28/h5-6,10-11,24-25H,7-9H2,1-2H3,(H,29,30). The fourth-order valence-corrected chi connectivity index (χ4v) is 3.56. The summed E-state index contributed by atoms with van der Waals surface area (Å²) in [4.78, 5) is 23.3. The Hall–Kier alpha value is -3.93. The van der Waals surface area contributed by atoms with E-state index in [9.17, 15) is 4.79 Å². The number of rotatable bonds is 3. The van der Waals surface area contributed by atoms with Crippen LogP contribution in [0.15, 0.2) is 29.4 Å². The molecular weight excluding hydrogens is 387 g/mol. The molecule has 0 fully saturated rings. The zero-order valence-electron chi connectivity index (χ0n) is 16.5. The van der Waals surface area contributed by atoms with E-state index in [-0.39, 0.29) is 12.2 Å². The van der Waals surface area contributed by atoms with Gasteiger partial charge in [0.2, 0.25) is 5.62 Å². The van der Waals surface area contributed by atoms with Crippen LogP contribution in [0.5, 0.6) is 0 Å². The number of hydrogen-bond acceptors (Lipinski definition) is 6. The Balaban J connectivity index is 1.85. The van der Waals surface area contributed by atoms with Crippen molar-refractivity contribution in [1.82, 2.24) is 14.5 Å². The predicted octanol–water partition coefficient (Wildman–Crippen LogP) is 1.95. The number of anilines is 2. The molecule has 3 heterocycles. The van der Waals surface area contributed by atoms with E-state index in [1.807, 2.05) is 29.5 Å². The second-order valence-electron chi connectivity index (χ2n) is 6.74. The van der Waals surface area contributed by atoms with Crippen molar-refractivity contribution >= 4 is 17.5 Å². The van der Waals surface area contributed by atoms with Crippen molar-refractivity contribution < 1.29 is 14.3 Å². The first-order valence-corrected chi connectivity index (χ1v) is 9.32. The van der Waals surface area contributed by atoms with E-state index in [0.29, 0.717) is 29.8 Å². The fraction of sp³-hybridized carbons (Fsp3) is 0.238. The van der Waals surface area contributed by atoms with Crippen LogP contribution in [0.4, 0.5) is 15.9 Å². The van der Waals surface area contributed by atoms with Gasteiger partial charge < -0.3 is 20.3 Å². The van der Waals surface area contributed by atoms with Gasteiger partial charge in [-0.1, -0.05) is 12.0 Å². The number of nitrogens with one attached hydrogen (secondary N) is 2. The van der Waals surface area contributed by atoms with E-state index in [0.717, 1.165) is 22.8 Å². The minimum atomic E-state index is -1.22. The molecule has 3 aliphatic rings. The third-order valence-electron chi connectivity index (χ3n) is 4.87. The van der Waals surface area contributed by atoms with Crippen LogP contribution in [0.2, 0.25) is 0 Å². The molecule has 9 heteroatoms. The van der Waals surface area contributed by atoms with Gasteiger partial charge in [-0.2, -0.15) is 4.98 Å². The van der Waals surface area contributed by atoms with E-state index in [1.54, 1.807) is 19.3 Å². The highest BCUT2D eigenvalue weighted by atomic mass is 19.1. The molecule has 0 spiro atoms. The summed E-state index contributed by atoms with van der Waals surface area (Å²) in [5, 5.41) is 14.8. The number of aryl methyl sites for hydroxylation is 1. The summed E-state index contributed by atoms with van der Waals surface area (Å²) in [5.74, 6) is 4.32. The second kappa shape index (κ2) is 7.83. The molecule has 0 amide bonds. The first-order valence-electron chi connectivity index (χ1n) is 9.32. The number of hydrogen-bond donors (Lipinski definition) is 3. The lowest BCUT2D eigenvalue weighted by atomic mass is 9.97. The molecule has 3 N–H and O–H groups in total. The molecule has 0 bridgehead atoms. The van der Waals surface area contributed by atoms with Gasteiger partial charge in [-0.05, 0) is 24.6 Å². The number of carbonyl (C=O) groups is 1. The van der Waals surface area contributed by atoms with Crippen LogP contribution in [0, 0.1) is 24.6 Å². The molecule has 0 aliphatic carbocycles. The monoisotopic (exact) mass is 406 g/mol. The summed E-state index contributed by atoms with van der Waals surface area (Å²) in [6.07, 6.45) is 1.69. The van der Waals surface area contributed by atoms with Crippen molar-refractivity contribution in [3.8, 4) is 34.4 Å². The van der Waals surface area contributed by atoms with E-state index in [4.69, 9.17) is 5.11 Å². The molecule has 1 aromatic carbocycles. The molecule has 3 aliphatic heterocycles. The van der Waals surface area contributed by atoms with Crippen molar-refractivity contribution in [1.29, 1.82) is 0 Å². The Labute approximate surface area is 171 Å². The van der Waals surface area contributed by atoms with Gasteiger partial charge in [0, 0.05) is 48.9 Å². The Morgan fingerprint density at radius 2 is 2.30 bits per heavy atom. The zero-order chi connectivity index (χ0) is 21.3. The number of fused-ring (bicyclic) bond motifs is 3. The number of aromatic nitrogens is 3. The number of pyridine rings is 1. The maximum Gasteiger partial charge on any atom is 0.381 e. The molecule has 30 heavy (non-hydrogen) atoms. The minimum absolute atomic E-state index is 0.0195. The van der Waals surface area contributed by atoms with E-state index in [2.05, 4.69) is 31.5 Å². The summed E-state index contributed by atoms with van der Waals surface area (Å²) in [5.41, 5.74) is 3.37. The molecule has 0 unspecified atom stereocenters. The second-order valence-corrected chi connectivity index (χ2v) is 6.74. The highest BCUT2D eigenvalue weighted by molar-refractivity contribution is 5.87. The summed E-state index contributed by atoms with van der Waals surface area (Å²) in [6.45, 7) is 3.27. The molecule has 0 atom stereocenters. The first-order chi connectivity index (χ1) is 14.5. The molecule has 0 aromatic heterocycles. The molecular formula is C21H19FN6O2. The van der Waals surface area contributed by atoms with E-state index >= 15 is 4.39 Å². The summed E-state index contributed by atoms with van der Waals surface area (Å²) in [7, 11) is 1.64. The number of benzene rings is 1. The lowest BCUT2D eigenvalue weighted by Crippen LogP contribution is -2.17. The quantitative estimate of drug-likeness (QED) is 0.575. The van der Waals surface area contributed by atoms with Gasteiger partial charge >= 0.3 is 5.97 Å². The smallest absolute Gasteiger partial charge is 0.381 e. The van der Waals surface area contributed by atoms with Gasteiger partial charge in [-0.25, -0.2) is 14.2 Å². The van der Waals surface area contributed by atoms with Crippen molar-refractivity contribution in [3.63, 3.8) is 0 Å². The van der Waals surface area contributed by atoms with Crippen LogP contribution in [0.3, 0.4) is 0 Å². The topological polar surface area (TPSA) is 104 Å². The van der Waals surface area contributed by atoms with Gasteiger partial charge in [0.15, 0.2) is 5.82 Å². The molecule has 152 valence electrons. The van der Waals surface area contributed by atoms with Crippen molar-refractivity contribution in [2.75, 3.05) is 30.8 Å². The molecule has 0 saturated heterocycles. The molecule has 0 saturated carbocycles. The van der Waals surface area contributed by atoms with E-state index < -0.39 is 11.8 Å².